The van der Waals surface area contributed by atoms with Crippen LogP contribution in [0.3, 0.4) is 0 Å². The van der Waals surface area contributed by atoms with Gasteiger partial charge in [0.25, 0.3) is 0 Å². The summed E-state index contributed by atoms with van der Waals surface area (Å²) in [4.78, 5) is 2.06. The zero-order valence-corrected chi connectivity index (χ0v) is 14.7. The van der Waals surface area contributed by atoms with Crippen LogP contribution in [-0.2, 0) is 9.39 Å². The number of nitrogens with zero attached hydrogens (tertiary/aromatic N) is 1. The highest BCUT2D eigenvalue weighted by atomic mass is 16.5. The van der Waals surface area contributed by atoms with Crippen LogP contribution < -0.4 is 0 Å². The minimum Gasteiger partial charge on any atom is -0.423 e. The Morgan fingerprint density at radius 3 is 2.50 bits per heavy atom. The molecule has 0 saturated heterocycles. The summed E-state index contributed by atoms with van der Waals surface area (Å²) < 4.78 is 11.5. The van der Waals surface area contributed by atoms with Crippen molar-refractivity contribution in [2.75, 3.05) is 27.2 Å². The molecule has 1 aliphatic rings. The Labute approximate surface area is 134 Å². The summed E-state index contributed by atoms with van der Waals surface area (Å²) in [5.74, 6) is 0. The zero-order valence-electron chi connectivity index (χ0n) is 14.7. The summed E-state index contributed by atoms with van der Waals surface area (Å²) in [6, 6.07) is 0. The monoisotopic (exact) mass is 311 g/mol. The van der Waals surface area contributed by atoms with Crippen molar-refractivity contribution in [3.05, 3.63) is 23.7 Å². The lowest BCUT2D eigenvalue weighted by atomic mass is 9.72. The van der Waals surface area contributed by atoms with Crippen molar-refractivity contribution < 1.29 is 19.5 Å². The van der Waals surface area contributed by atoms with Gasteiger partial charge in [0, 0.05) is 6.54 Å². The Kier molecular flexibility index (Phi) is 6.83. The first-order chi connectivity index (χ1) is 10.0. The second kappa shape index (κ2) is 7.75. The van der Waals surface area contributed by atoms with E-state index in [-0.39, 0.29) is 6.10 Å². The molecule has 0 amide bonds. The van der Waals surface area contributed by atoms with Crippen molar-refractivity contribution in [1.82, 2.24) is 4.90 Å². The fraction of sp³-hybridized carbons (Fsp3) is 0.750. The highest BCUT2D eigenvalue weighted by molar-refractivity contribution is 6.52. The molecule has 0 aliphatic heterocycles. The van der Waals surface area contributed by atoms with E-state index in [2.05, 4.69) is 4.90 Å². The topological polar surface area (TPSA) is 62.2 Å². The molecular weight excluding hydrogens is 281 g/mol. The van der Waals surface area contributed by atoms with E-state index in [0.29, 0.717) is 13.0 Å². The van der Waals surface area contributed by atoms with Gasteiger partial charge >= 0.3 is 7.12 Å². The van der Waals surface area contributed by atoms with Gasteiger partial charge in [0.2, 0.25) is 0 Å². The molecule has 0 saturated carbocycles. The summed E-state index contributed by atoms with van der Waals surface area (Å²) in [5, 5.41) is 20.4. The maximum atomic E-state index is 10.3. The third kappa shape index (κ3) is 5.86. The van der Waals surface area contributed by atoms with Gasteiger partial charge in [0.05, 0.1) is 23.9 Å². The van der Waals surface area contributed by atoms with Crippen LogP contribution in [0.5, 0.6) is 0 Å². The van der Waals surface area contributed by atoms with Gasteiger partial charge in [-0.2, -0.15) is 0 Å². The van der Waals surface area contributed by atoms with Gasteiger partial charge < -0.3 is 24.4 Å². The van der Waals surface area contributed by atoms with E-state index in [9.17, 15) is 10.1 Å². The van der Waals surface area contributed by atoms with Gasteiger partial charge in [-0.25, -0.2) is 0 Å². The molecule has 1 unspecified atom stereocenters. The van der Waals surface area contributed by atoms with Crippen molar-refractivity contribution in [2.24, 2.45) is 0 Å². The Bertz CT molecular complexity index is 413. The molecule has 22 heavy (non-hydrogen) atoms. The van der Waals surface area contributed by atoms with Crippen LogP contribution in [0.15, 0.2) is 23.7 Å². The lowest BCUT2D eigenvalue weighted by Gasteiger charge is -2.39. The molecule has 0 spiro atoms. The molecule has 0 aromatic rings. The van der Waals surface area contributed by atoms with Crippen LogP contribution in [0.25, 0.3) is 0 Å². The summed E-state index contributed by atoms with van der Waals surface area (Å²) >= 11 is 0. The van der Waals surface area contributed by atoms with E-state index < -0.39 is 18.3 Å². The molecule has 0 fully saturated rings. The van der Waals surface area contributed by atoms with E-state index in [1.54, 1.807) is 27.7 Å². The lowest BCUT2D eigenvalue weighted by Crippen LogP contribution is -2.51. The van der Waals surface area contributed by atoms with Gasteiger partial charge in [-0.1, -0.05) is 18.2 Å². The largest absolute Gasteiger partial charge is 0.487 e. The number of aliphatic hydroxyl groups is 1. The molecule has 2 N–H and O–H groups in total. The van der Waals surface area contributed by atoms with E-state index in [0.717, 1.165) is 12.0 Å². The average molecular weight is 311 g/mol. The molecule has 0 radical (unpaired) electrons. The van der Waals surface area contributed by atoms with Crippen molar-refractivity contribution in [3.8, 4) is 0 Å². The van der Waals surface area contributed by atoms with Crippen molar-refractivity contribution >= 4 is 7.12 Å². The molecule has 0 bridgehead atoms. The van der Waals surface area contributed by atoms with Crippen molar-refractivity contribution in [1.29, 1.82) is 0 Å². The molecule has 0 aromatic heterocycles. The first-order valence-corrected chi connectivity index (χ1v) is 7.75. The molecule has 126 valence electrons. The normalized spacial score (nSPS) is 19.5. The van der Waals surface area contributed by atoms with Gasteiger partial charge in [0.1, 0.15) is 0 Å². The highest BCUT2D eigenvalue weighted by Gasteiger charge is 2.40. The number of ether oxygens (including phenoxy) is 1. The molecule has 0 aromatic carbocycles. The van der Waals surface area contributed by atoms with Gasteiger partial charge in [-0.15, -0.1) is 0 Å². The minimum atomic E-state index is -1.05. The standard InChI is InChI=1S/C16H30BNO4/c1-15(2,19)16(3,4)22-17(20)13-8-7-9-14(12-13)21-11-10-18(5)6/h7-9,14,19-20H,10-12H2,1-6H3. The Morgan fingerprint density at radius 1 is 1.32 bits per heavy atom. The smallest absolute Gasteiger partial charge is 0.423 e. The number of hydrogen-bond acceptors (Lipinski definition) is 5. The maximum absolute atomic E-state index is 10.3. The fourth-order valence-electron chi connectivity index (χ4n) is 1.85. The number of likely N-dealkylation sites (N-methyl/N-ethyl adjacent to an activating group) is 1. The minimum absolute atomic E-state index is 0.0524. The third-order valence-corrected chi connectivity index (χ3v) is 4.14. The predicted octanol–water partition coefficient (Wildman–Crippen LogP) is 1.41. The lowest BCUT2D eigenvalue weighted by molar-refractivity contribution is -0.0990. The molecule has 5 nitrogen and oxygen atoms in total. The molecule has 1 rings (SSSR count). The van der Waals surface area contributed by atoms with Crippen molar-refractivity contribution in [3.63, 3.8) is 0 Å². The van der Waals surface area contributed by atoms with Gasteiger partial charge in [-0.3, -0.25) is 0 Å². The fourth-order valence-corrected chi connectivity index (χ4v) is 1.85. The Morgan fingerprint density at radius 2 is 1.95 bits per heavy atom. The van der Waals surface area contributed by atoms with Gasteiger partial charge in [0.15, 0.2) is 0 Å². The zero-order chi connectivity index (χ0) is 17.0. The number of hydrogen-bond donors (Lipinski definition) is 2. The quantitative estimate of drug-likeness (QED) is 0.664. The first-order valence-electron chi connectivity index (χ1n) is 7.75. The molecular formula is C16H30BNO4. The van der Waals surface area contributed by atoms with Crippen LogP contribution in [-0.4, -0.2) is 66.7 Å². The van der Waals surface area contributed by atoms with Gasteiger partial charge in [-0.05, 0) is 53.7 Å². The molecule has 6 heteroatoms. The van der Waals surface area contributed by atoms with E-state index in [1.165, 1.54) is 0 Å². The second-order valence-corrected chi connectivity index (χ2v) is 7.08. The van der Waals surface area contributed by atoms with E-state index in [4.69, 9.17) is 9.39 Å². The van der Waals surface area contributed by atoms with E-state index >= 15 is 0 Å². The second-order valence-electron chi connectivity index (χ2n) is 7.08. The summed E-state index contributed by atoms with van der Waals surface area (Å²) in [7, 11) is 2.95. The number of allylic oxidation sites excluding steroid dienone is 2. The van der Waals surface area contributed by atoms with Crippen molar-refractivity contribution in [2.45, 2.75) is 51.4 Å². The number of rotatable bonds is 8. The van der Waals surface area contributed by atoms with Crippen LogP contribution in [0, 0.1) is 0 Å². The third-order valence-electron chi connectivity index (χ3n) is 4.14. The Balaban J connectivity index is 2.55. The SMILES string of the molecule is CN(C)CCOC1C=CC=C(B(O)OC(C)(C)C(C)(C)O)C1. The summed E-state index contributed by atoms with van der Waals surface area (Å²) in [6.07, 6.45) is 6.24. The molecule has 0 heterocycles. The summed E-state index contributed by atoms with van der Waals surface area (Å²) in [6.45, 7) is 8.36. The maximum Gasteiger partial charge on any atom is 0.487 e. The van der Waals surface area contributed by atoms with Crippen LogP contribution in [0.1, 0.15) is 34.1 Å². The summed E-state index contributed by atoms with van der Waals surface area (Å²) in [5.41, 5.74) is -1.16. The highest BCUT2D eigenvalue weighted by Crippen LogP contribution is 2.28. The molecule has 1 atom stereocenters. The van der Waals surface area contributed by atoms with Crippen LogP contribution >= 0.6 is 0 Å². The van der Waals surface area contributed by atoms with E-state index in [1.807, 2.05) is 32.3 Å². The van der Waals surface area contributed by atoms with Crippen LogP contribution in [0.2, 0.25) is 0 Å². The molecule has 1 aliphatic carbocycles. The first kappa shape index (κ1) is 19.4. The Hall–Kier alpha value is -0.655. The average Bonchev–Trinajstić information content (AvgIpc) is 2.36. The predicted molar refractivity (Wildman–Crippen MR) is 89.6 cm³/mol. The van der Waals surface area contributed by atoms with Crippen LogP contribution in [0.4, 0.5) is 0 Å².